The van der Waals surface area contributed by atoms with Crippen LogP contribution >= 0.6 is 0 Å². The van der Waals surface area contributed by atoms with Gasteiger partial charge in [0.1, 0.15) is 5.75 Å². The molecule has 1 aromatic carbocycles. The molecule has 1 aromatic rings. The van der Waals surface area contributed by atoms with Crippen LogP contribution in [-0.4, -0.2) is 6.61 Å². The zero-order chi connectivity index (χ0) is 19.6. The fraction of sp³-hybridized carbons (Fsp3) is 0.615. The van der Waals surface area contributed by atoms with E-state index < -0.39 is 0 Å². The van der Waals surface area contributed by atoms with Crippen molar-refractivity contribution >= 4 is 0 Å². The summed E-state index contributed by atoms with van der Waals surface area (Å²) in [5, 5.41) is 0. The standard InChI is InChI=1S/C26H38O/c1-4-7-8-9-10-11-12-13-14-15-16-17-18-19-20-27-26-22-24(5-2)21-25(6-3)23-26/h2-3,21-23H,4,7-20H2,1H3. The molecular weight excluding hydrogens is 328 g/mol. The lowest BCUT2D eigenvalue weighted by Crippen LogP contribution is -1.98. The number of hydrogen-bond acceptors (Lipinski definition) is 1. The van der Waals surface area contributed by atoms with Crippen molar-refractivity contribution in [2.75, 3.05) is 6.61 Å². The molecular formula is C26H38O. The molecule has 27 heavy (non-hydrogen) atoms. The second-order valence-electron chi connectivity index (χ2n) is 7.48. The van der Waals surface area contributed by atoms with Crippen molar-refractivity contribution in [2.24, 2.45) is 0 Å². The van der Waals surface area contributed by atoms with Gasteiger partial charge in [0.2, 0.25) is 0 Å². The van der Waals surface area contributed by atoms with E-state index in [4.69, 9.17) is 17.6 Å². The highest BCUT2D eigenvalue weighted by atomic mass is 16.5. The first kappa shape index (κ1) is 23.2. The van der Waals surface area contributed by atoms with Gasteiger partial charge in [-0.15, -0.1) is 12.8 Å². The van der Waals surface area contributed by atoms with Gasteiger partial charge in [0.05, 0.1) is 6.61 Å². The minimum atomic E-state index is 0.732. The van der Waals surface area contributed by atoms with E-state index in [0.29, 0.717) is 0 Å². The minimum absolute atomic E-state index is 0.732. The molecule has 0 aliphatic heterocycles. The van der Waals surface area contributed by atoms with Crippen molar-refractivity contribution in [3.63, 3.8) is 0 Å². The summed E-state index contributed by atoms with van der Waals surface area (Å²) in [6, 6.07) is 5.59. The van der Waals surface area contributed by atoms with Crippen LogP contribution in [0.25, 0.3) is 0 Å². The fourth-order valence-electron chi connectivity index (χ4n) is 3.34. The van der Waals surface area contributed by atoms with Gasteiger partial charge in [-0.05, 0) is 24.6 Å². The highest BCUT2D eigenvalue weighted by molar-refractivity contribution is 5.47. The Hall–Kier alpha value is -1.86. The van der Waals surface area contributed by atoms with E-state index in [0.717, 1.165) is 29.9 Å². The highest BCUT2D eigenvalue weighted by Crippen LogP contribution is 2.17. The van der Waals surface area contributed by atoms with Crippen LogP contribution in [0, 0.1) is 24.7 Å². The molecule has 0 N–H and O–H groups in total. The van der Waals surface area contributed by atoms with Gasteiger partial charge in [-0.25, -0.2) is 0 Å². The predicted octanol–water partition coefficient (Wildman–Crippen LogP) is 7.51. The summed E-state index contributed by atoms with van der Waals surface area (Å²) in [5.41, 5.74) is 1.56. The van der Waals surface area contributed by atoms with Crippen molar-refractivity contribution in [1.29, 1.82) is 0 Å². The number of benzene rings is 1. The summed E-state index contributed by atoms with van der Waals surface area (Å²) in [5.74, 6) is 6.03. The molecule has 0 saturated carbocycles. The van der Waals surface area contributed by atoms with Crippen LogP contribution in [0.15, 0.2) is 18.2 Å². The second-order valence-corrected chi connectivity index (χ2v) is 7.48. The topological polar surface area (TPSA) is 9.23 Å². The Morgan fingerprint density at radius 3 is 1.44 bits per heavy atom. The summed E-state index contributed by atoms with van der Waals surface area (Å²) in [6.45, 7) is 3.01. The molecule has 0 unspecified atom stereocenters. The Balaban J connectivity index is 1.92. The predicted molar refractivity (Wildman–Crippen MR) is 118 cm³/mol. The van der Waals surface area contributed by atoms with E-state index >= 15 is 0 Å². The van der Waals surface area contributed by atoms with Crippen LogP contribution < -0.4 is 4.74 Å². The third-order valence-corrected chi connectivity index (χ3v) is 5.01. The van der Waals surface area contributed by atoms with Gasteiger partial charge in [-0.1, -0.05) is 102 Å². The molecule has 0 atom stereocenters. The van der Waals surface area contributed by atoms with Gasteiger partial charge < -0.3 is 4.74 Å². The van der Waals surface area contributed by atoms with E-state index in [-0.39, 0.29) is 0 Å². The quantitative estimate of drug-likeness (QED) is 0.217. The average molecular weight is 367 g/mol. The van der Waals surface area contributed by atoms with Crippen molar-refractivity contribution in [3.8, 4) is 30.4 Å². The average Bonchev–Trinajstić information content (AvgIpc) is 2.70. The van der Waals surface area contributed by atoms with Crippen LogP contribution in [0.5, 0.6) is 5.75 Å². The Morgan fingerprint density at radius 1 is 0.630 bits per heavy atom. The number of rotatable bonds is 16. The van der Waals surface area contributed by atoms with Gasteiger partial charge in [0, 0.05) is 11.1 Å². The number of ether oxygens (including phenoxy) is 1. The third kappa shape index (κ3) is 12.2. The third-order valence-electron chi connectivity index (χ3n) is 5.01. The molecule has 148 valence electrons. The Bertz CT molecular complexity index is 541. The lowest BCUT2D eigenvalue weighted by atomic mass is 10.0. The smallest absolute Gasteiger partial charge is 0.121 e. The van der Waals surface area contributed by atoms with Gasteiger partial charge in [0.25, 0.3) is 0 Å². The summed E-state index contributed by atoms with van der Waals surface area (Å²) < 4.78 is 5.81. The molecule has 1 rings (SSSR count). The number of hydrogen-bond donors (Lipinski definition) is 0. The molecule has 0 aliphatic carbocycles. The molecule has 0 amide bonds. The first-order chi connectivity index (χ1) is 13.3. The van der Waals surface area contributed by atoms with Gasteiger partial charge in [-0.2, -0.15) is 0 Å². The van der Waals surface area contributed by atoms with Crippen LogP contribution in [0.2, 0.25) is 0 Å². The molecule has 1 nitrogen and oxygen atoms in total. The minimum Gasteiger partial charge on any atom is -0.494 e. The number of unbranched alkanes of at least 4 members (excludes halogenated alkanes) is 13. The highest BCUT2D eigenvalue weighted by Gasteiger charge is 2.00. The van der Waals surface area contributed by atoms with E-state index in [1.807, 2.05) is 18.2 Å². The van der Waals surface area contributed by atoms with Crippen LogP contribution in [-0.2, 0) is 0 Å². The monoisotopic (exact) mass is 366 g/mol. The van der Waals surface area contributed by atoms with Crippen LogP contribution in [0.4, 0.5) is 0 Å². The van der Waals surface area contributed by atoms with Crippen LogP contribution in [0.1, 0.15) is 108 Å². The summed E-state index contributed by atoms with van der Waals surface area (Å²) in [4.78, 5) is 0. The molecule has 0 aliphatic rings. The largest absolute Gasteiger partial charge is 0.494 e. The zero-order valence-corrected chi connectivity index (χ0v) is 17.4. The summed E-state index contributed by atoms with van der Waals surface area (Å²) >= 11 is 0. The maximum Gasteiger partial charge on any atom is 0.121 e. The first-order valence-corrected chi connectivity index (χ1v) is 11.0. The molecule has 0 fully saturated rings. The zero-order valence-electron chi connectivity index (χ0n) is 17.4. The van der Waals surface area contributed by atoms with Gasteiger partial charge in [-0.3, -0.25) is 0 Å². The normalized spacial score (nSPS) is 10.3. The maximum absolute atomic E-state index is 5.81. The van der Waals surface area contributed by atoms with Crippen molar-refractivity contribution in [3.05, 3.63) is 29.3 Å². The van der Waals surface area contributed by atoms with Crippen molar-refractivity contribution < 1.29 is 4.74 Å². The molecule has 0 heterocycles. The fourth-order valence-corrected chi connectivity index (χ4v) is 3.34. The molecule has 0 radical (unpaired) electrons. The van der Waals surface area contributed by atoms with E-state index in [1.165, 1.54) is 83.5 Å². The number of terminal acetylenes is 2. The summed E-state index contributed by atoms with van der Waals surface area (Å²) in [6.07, 6.45) is 30.0. The van der Waals surface area contributed by atoms with E-state index in [1.54, 1.807) is 0 Å². The molecule has 1 heteroatoms. The second kappa shape index (κ2) is 16.3. The van der Waals surface area contributed by atoms with Crippen LogP contribution in [0.3, 0.4) is 0 Å². The SMILES string of the molecule is C#Cc1cc(C#C)cc(OCCCCCCCCCCCCCCCC)c1. The first-order valence-electron chi connectivity index (χ1n) is 11.0. The molecule has 0 bridgehead atoms. The Kier molecular flexibility index (Phi) is 14.0. The Morgan fingerprint density at radius 2 is 1.04 bits per heavy atom. The van der Waals surface area contributed by atoms with Crippen molar-refractivity contribution in [1.82, 2.24) is 0 Å². The lowest BCUT2D eigenvalue weighted by molar-refractivity contribution is 0.304. The van der Waals surface area contributed by atoms with E-state index in [9.17, 15) is 0 Å². The van der Waals surface area contributed by atoms with E-state index in [2.05, 4.69) is 18.8 Å². The van der Waals surface area contributed by atoms with Gasteiger partial charge >= 0.3 is 0 Å². The molecule has 0 aromatic heterocycles. The molecule has 0 saturated heterocycles. The van der Waals surface area contributed by atoms with Gasteiger partial charge in [0.15, 0.2) is 0 Å². The Labute approximate surface area is 168 Å². The summed E-state index contributed by atoms with van der Waals surface area (Å²) in [7, 11) is 0. The molecule has 0 spiro atoms. The lowest BCUT2D eigenvalue weighted by Gasteiger charge is -2.07. The maximum atomic E-state index is 5.81. The van der Waals surface area contributed by atoms with Crippen molar-refractivity contribution in [2.45, 2.75) is 96.8 Å².